The van der Waals surface area contributed by atoms with Crippen molar-refractivity contribution in [2.75, 3.05) is 5.75 Å². The first-order valence-electron chi connectivity index (χ1n) is 8.94. The molecule has 2 aliphatic rings. The summed E-state index contributed by atoms with van der Waals surface area (Å²) in [5, 5.41) is 6.31. The molecule has 0 fully saturated rings. The largest absolute Gasteiger partial charge is 0.321 e. The van der Waals surface area contributed by atoms with Gasteiger partial charge in [0.25, 0.3) is 11.8 Å². The molecule has 0 aliphatic carbocycles. The maximum atomic E-state index is 12.6. The topological polar surface area (TPSA) is 79.2 Å². The third-order valence-corrected chi connectivity index (χ3v) is 5.69. The highest BCUT2D eigenvalue weighted by Crippen LogP contribution is 2.37. The lowest BCUT2D eigenvalue weighted by atomic mass is 10.0. The Hall–Kier alpha value is -2.90. The van der Waals surface area contributed by atoms with E-state index in [0.29, 0.717) is 39.9 Å². The molecular weight excluding hydrogens is 410 g/mol. The monoisotopic (exact) mass is 426 g/mol. The molecule has 0 radical (unpaired) electrons. The minimum absolute atomic E-state index is 0.0888. The molecule has 2 amide bonds. The van der Waals surface area contributed by atoms with E-state index in [1.165, 1.54) is 11.8 Å². The zero-order valence-corrected chi connectivity index (χ0v) is 17.1. The highest BCUT2D eigenvalue weighted by molar-refractivity contribution is 8.13. The van der Waals surface area contributed by atoms with Gasteiger partial charge in [-0.25, -0.2) is 4.57 Å². The number of halogens is 1. The van der Waals surface area contributed by atoms with Crippen LogP contribution >= 0.6 is 23.4 Å². The number of nitrogens with one attached hydrogen (secondary N) is 2. The normalized spacial score (nSPS) is 15.5. The van der Waals surface area contributed by atoms with Gasteiger partial charge < -0.3 is 10.6 Å². The van der Waals surface area contributed by atoms with Crippen LogP contribution in [-0.4, -0.2) is 22.7 Å². The minimum Gasteiger partial charge on any atom is -0.321 e. The van der Waals surface area contributed by atoms with Crippen LogP contribution in [0.2, 0.25) is 5.02 Å². The third kappa shape index (κ3) is 3.83. The number of thioether (sulfide) groups is 1. The molecule has 1 aromatic carbocycles. The summed E-state index contributed by atoms with van der Waals surface area (Å²) in [5.41, 5.74) is 3.15. The Morgan fingerprint density at radius 1 is 0.931 bits per heavy atom. The molecule has 0 spiro atoms. The average molecular weight is 427 g/mol. The van der Waals surface area contributed by atoms with Gasteiger partial charge in [-0.2, -0.15) is 0 Å². The number of carbonyl (C=O) groups is 3. The Balaban J connectivity index is 1.65. The molecule has 2 aromatic rings. The quantitative estimate of drug-likeness (QED) is 0.719. The van der Waals surface area contributed by atoms with Crippen LogP contribution in [0.3, 0.4) is 0 Å². The van der Waals surface area contributed by atoms with Gasteiger partial charge in [0.05, 0.1) is 28.3 Å². The molecule has 2 N–H and O–H groups in total. The summed E-state index contributed by atoms with van der Waals surface area (Å²) in [5.74, 6) is 0.0600. The number of carbonyl (C=O) groups excluding carboxylic acids is 3. The van der Waals surface area contributed by atoms with Crippen LogP contribution in [-0.2, 0) is 20.9 Å². The number of aromatic nitrogens is 1. The van der Waals surface area contributed by atoms with Gasteiger partial charge in [0.15, 0.2) is 24.1 Å². The summed E-state index contributed by atoms with van der Waals surface area (Å²) in [7, 11) is 0. The van der Waals surface area contributed by atoms with Gasteiger partial charge in [-0.1, -0.05) is 35.5 Å². The zero-order chi connectivity index (χ0) is 20.5. The maximum Gasteiger partial charge on any atom is 0.258 e. The highest BCUT2D eigenvalue weighted by atomic mass is 35.5. The van der Waals surface area contributed by atoms with Crippen molar-refractivity contribution in [3.05, 3.63) is 76.1 Å². The Kier molecular flexibility index (Phi) is 5.25. The number of pyridine rings is 1. The van der Waals surface area contributed by atoms with Crippen molar-refractivity contribution in [2.45, 2.75) is 13.5 Å². The average Bonchev–Trinajstić information content (AvgIpc) is 3.21. The van der Waals surface area contributed by atoms with E-state index < -0.39 is 0 Å². The van der Waals surface area contributed by atoms with Crippen molar-refractivity contribution < 1.29 is 19.0 Å². The van der Waals surface area contributed by atoms with Crippen molar-refractivity contribution in [1.82, 2.24) is 10.6 Å². The van der Waals surface area contributed by atoms with E-state index >= 15 is 0 Å². The molecule has 0 unspecified atom stereocenters. The molecule has 3 heterocycles. The molecule has 29 heavy (non-hydrogen) atoms. The Labute approximate surface area is 176 Å². The fourth-order valence-electron chi connectivity index (χ4n) is 3.30. The smallest absolute Gasteiger partial charge is 0.258 e. The van der Waals surface area contributed by atoms with Crippen LogP contribution in [0, 0.1) is 0 Å². The second-order valence-electron chi connectivity index (χ2n) is 6.58. The molecule has 0 saturated heterocycles. The molecule has 0 saturated carbocycles. The molecule has 0 atom stereocenters. The zero-order valence-electron chi connectivity index (χ0n) is 15.5. The van der Waals surface area contributed by atoms with Crippen LogP contribution in [0.1, 0.15) is 18.1 Å². The Morgan fingerprint density at radius 2 is 1.45 bits per heavy atom. The number of rotatable bonds is 5. The predicted molar refractivity (Wildman–Crippen MR) is 111 cm³/mol. The summed E-state index contributed by atoms with van der Waals surface area (Å²) in [6.45, 7) is 2.24. The lowest BCUT2D eigenvalue weighted by Crippen LogP contribution is -2.34. The fourth-order valence-corrected chi connectivity index (χ4v) is 4.01. The van der Waals surface area contributed by atoms with Crippen molar-refractivity contribution in [3.63, 3.8) is 0 Å². The van der Waals surface area contributed by atoms with Crippen LogP contribution < -0.4 is 15.2 Å². The van der Waals surface area contributed by atoms with Gasteiger partial charge in [0.1, 0.15) is 0 Å². The van der Waals surface area contributed by atoms with Crippen molar-refractivity contribution in [3.8, 4) is 0 Å². The van der Waals surface area contributed by atoms with E-state index in [4.69, 9.17) is 11.6 Å². The molecule has 4 rings (SSSR count). The molecule has 146 valence electrons. The van der Waals surface area contributed by atoms with Crippen molar-refractivity contribution >= 4 is 51.7 Å². The van der Waals surface area contributed by atoms with E-state index in [-0.39, 0.29) is 16.9 Å². The lowest BCUT2D eigenvalue weighted by molar-refractivity contribution is -0.692. The molecular formula is C21H17ClN3O3S+. The van der Waals surface area contributed by atoms with Crippen LogP contribution in [0.5, 0.6) is 0 Å². The number of fused-ring (bicyclic) bond motifs is 1. The van der Waals surface area contributed by atoms with Gasteiger partial charge >= 0.3 is 0 Å². The Bertz CT molecular complexity index is 1090. The van der Waals surface area contributed by atoms with E-state index in [0.717, 1.165) is 11.1 Å². The molecule has 1 aromatic heterocycles. The number of hydrogen-bond donors (Lipinski definition) is 2. The predicted octanol–water partition coefficient (Wildman–Crippen LogP) is 2.29. The number of hydrogen-bond acceptors (Lipinski definition) is 4. The number of aryl methyl sites for hydroxylation is 1. The van der Waals surface area contributed by atoms with Crippen molar-refractivity contribution in [1.29, 1.82) is 0 Å². The summed E-state index contributed by atoms with van der Waals surface area (Å²) < 4.78 is 1.95. The highest BCUT2D eigenvalue weighted by Gasteiger charge is 2.40. The van der Waals surface area contributed by atoms with Gasteiger partial charge in [0.2, 0.25) is 0 Å². The Morgan fingerprint density at radius 3 is 1.97 bits per heavy atom. The molecule has 2 aliphatic heterocycles. The third-order valence-electron chi connectivity index (χ3n) is 4.65. The maximum absolute atomic E-state index is 12.6. The first-order chi connectivity index (χ1) is 13.9. The second kappa shape index (κ2) is 7.85. The van der Waals surface area contributed by atoms with Gasteiger partial charge in [-0.05, 0) is 17.7 Å². The molecule has 6 nitrogen and oxygen atoms in total. The van der Waals surface area contributed by atoms with E-state index in [2.05, 4.69) is 10.6 Å². The fraction of sp³-hybridized carbons (Fsp3) is 0.143. The van der Waals surface area contributed by atoms with Crippen molar-refractivity contribution in [2.24, 2.45) is 0 Å². The molecule has 0 bridgehead atoms. The van der Waals surface area contributed by atoms with E-state index in [1.807, 2.05) is 29.1 Å². The molecule has 8 heteroatoms. The number of amides is 2. The van der Waals surface area contributed by atoms with Crippen LogP contribution in [0.15, 0.2) is 59.9 Å². The summed E-state index contributed by atoms with van der Waals surface area (Å²) in [4.78, 5) is 36.3. The van der Waals surface area contributed by atoms with Crippen LogP contribution in [0.25, 0.3) is 11.4 Å². The second-order valence-corrected chi connectivity index (χ2v) is 8.29. The lowest BCUT2D eigenvalue weighted by Gasteiger charge is -2.07. The van der Waals surface area contributed by atoms with Crippen LogP contribution in [0.4, 0.5) is 0 Å². The van der Waals surface area contributed by atoms with Gasteiger partial charge in [-0.3, -0.25) is 14.4 Å². The summed E-state index contributed by atoms with van der Waals surface area (Å²) >= 11 is 7.21. The minimum atomic E-state index is -0.312. The van der Waals surface area contributed by atoms with Gasteiger partial charge in [-0.15, -0.1) is 0 Å². The standard InChI is InChI=1S/C21H16ClN3O3S/c1-12(26)29-11-10-25-8-6-14(7-9-25)19-17-16(20(27)24-19)18(23-21(17)28)13-2-4-15(22)5-3-13/h2-9H,10-11H2,1H3,(H,24,27)/p+1. The van der Waals surface area contributed by atoms with E-state index in [9.17, 15) is 14.4 Å². The first-order valence-corrected chi connectivity index (χ1v) is 10.3. The van der Waals surface area contributed by atoms with Gasteiger partial charge in [0, 0.05) is 29.6 Å². The van der Waals surface area contributed by atoms with E-state index in [1.54, 1.807) is 31.2 Å². The number of benzene rings is 1. The SMILES string of the molecule is CC(=O)SCC[n+]1ccc(C2=C3C(=O)NC(c4ccc(Cl)cc4)=C3C(=O)N2)cc1. The summed E-state index contributed by atoms with van der Waals surface area (Å²) in [6.07, 6.45) is 3.73. The first kappa shape index (κ1) is 19.4. The number of nitrogens with zero attached hydrogens (tertiary/aromatic N) is 1. The summed E-state index contributed by atoms with van der Waals surface area (Å²) in [6, 6.07) is 10.7.